The standard InChI is InChI=1S/C10H18O/c1-11-10-8-6-4-2-3-5-7-9(8)10/h8-10H,2-7H2,1H3/t8-,9+,10?. The maximum atomic E-state index is 5.42. The summed E-state index contributed by atoms with van der Waals surface area (Å²) in [6.45, 7) is 0. The molecule has 0 saturated heterocycles. The molecule has 2 fully saturated rings. The van der Waals surface area contributed by atoms with Gasteiger partial charge >= 0.3 is 0 Å². The zero-order valence-electron chi connectivity index (χ0n) is 7.38. The lowest BCUT2D eigenvalue weighted by atomic mass is 10.0. The van der Waals surface area contributed by atoms with Crippen LogP contribution in [0.2, 0.25) is 0 Å². The van der Waals surface area contributed by atoms with Crippen LogP contribution < -0.4 is 0 Å². The topological polar surface area (TPSA) is 9.23 Å². The predicted molar refractivity (Wildman–Crippen MR) is 45.5 cm³/mol. The molecule has 0 spiro atoms. The van der Waals surface area contributed by atoms with Crippen molar-refractivity contribution in [3.05, 3.63) is 0 Å². The van der Waals surface area contributed by atoms with Crippen molar-refractivity contribution in [2.24, 2.45) is 11.8 Å². The average Bonchev–Trinajstić information content (AvgIpc) is 2.60. The van der Waals surface area contributed by atoms with E-state index in [1.807, 2.05) is 7.11 Å². The van der Waals surface area contributed by atoms with Crippen LogP contribution in [0.4, 0.5) is 0 Å². The highest BCUT2D eigenvalue weighted by Gasteiger charge is 2.49. The zero-order valence-corrected chi connectivity index (χ0v) is 7.38. The van der Waals surface area contributed by atoms with Crippen LogP contribution in [0.5, 0.6) is 0 Å². The monoisotopic (exact) mass is 154 g/mol. The lowest BCUT2D eigenvalue weighted by molar-refractivity contribution is 0.158. The zero-order chi connectivity index (χ0) is 7.68. The van der Waals surface area contributed by atoms with Gasteiger partial charge in [0.25, 0.3) is 0 Å². The number of rotatable bonds is 1. The molecule has 0 aromatic heterocycles. The minimum atomic E-state index is 0.646. The van der Waals surface area contributed by atoms with Gasteiger partial charge in [0.2, 0.25) is 0 Å². The summed E-state index contributed by atoms with van der Waals surface area (Å²) in [6.07, 6.45) is 9.32. The Balaban J connectivity index is 1.85. The van der Waals surface area contributed by atoms with Gasteiger partial charge in [-0.1, -0.05) is 25.7 Å². The van der Waals surface area contributed by atoms with Crippen LogP contribution in [0.15, 0.2) is 0 Å². The van der Waals surface area contributed by atoms with Gasteiger partial charge in [-0.2, -0.15) is 0 Å². The molecular formula is C10H18O. The summed E-state index contributed by atoms with van der Waals surface area (Å²) in [5.74, 6) is 1.89. The van der Waals surface area contributed by atoms with E-state index in [1.54, 1.807) is 0 Å². The second-order valence-electron chi connectivity index (χ2n) is 4.02. The molecule has 11 heavy (non-hydrogen) atoms. The fourth-order valence-corrected chi connectivity index (χ4v) is 2.63. The van der Waals surface area contributed by atoms with E-state index >= 15 is 0 Å². The van der Waals surface area contributed by atoms with E-state index in [2.05, 4.69) is 0 Å². The molecule has 2 saturated carbocycles. The summed E-state index contributed by atoms with van der Waals surface area (Å²) in [5.41, 5.74) is 0. The molecule has 0 aromatic carbocycles. The number of methoxy groups -OCH3 is 1. The van der Waals surface area contributed by atoms with Gasteiger partial charge < -0.3 is 4.74 Å². The molecule has 3 atom stereocenters. The second kappa shape index (κ2) is 3.14. The summed E-state index contributed by atoms with van der Waals surface area (Å²) in [4.78, 5) is 0. The van der Waals surface area contributed by atoms with Crippen LogP contribution in [0.1, 0.15) is 38.5 Å². The third kappa shape index (κ3) is 1.44. The molecule has 2 aliphatic carbocycles. The fourth-order valence-electron chi connectivity index (χ4n) is 2.63. The minimum Gasteiger partial charge on any atom is -0.381 e. The van der Waals surface area contributed by atoms with E-state index in [1.165, 1.54) is 38.5 Å². The van der Waals surface area contributed by atoms with Crippen LogP contribution in [-0.2, 0) is 4.74 Å². The Kier molecular flexibility index (Phi) is 2.17. The van der Waals surface area contributed by atoms with Crippen molar-refractivity contribution in [1.82, 2.24) is 0 Å². The molecular weight excluding hydrogens is 136 g/mol. The maximum Gasteiger partial charge on any atom is 0.0634 e. The Bertz CT molecular complexity index is 119. The van der Waals surface area contributed by atoms with E-state index in [4.69, 9.17) is 4.74 Å². The van der Waals surface area contributed by atoms with Gasteiger partial charge in [-0.25, -0.2) is 0 Å². The highest BCUT2D eigenvalue weighted by molar-refractivity contribution is 4.98. The van der Waals surface area contributed by atoms with Crippen molar-refractivity contribution in [3.8, 4) is 0 Å². The third-order valence-electron chi connectivity index (χ3n) is 3.35. The van der Waals surface area contributed by atoms with Gasteiger partial charge in [0.15, 0.2) is 0 Å². The van der Waals surface area contributed by atoms with Crippen LogP contribution in [0.25, 0.3) is 0 Å². The first kappa shape index (κ1) is 7.60. The van der Waals surface area contributed by atoms with Crippen molar-refractivity contribution in [1.29, 1.82) is 0 Å². The van der Waals surface area contributed by atoms with Gasteiger partial charge in [-0.05, 0) is 24.7 Å². The van der Waals surface area contributed by atoms with Crippen LogP contribution in [0, 0.1) is 11.8 Å². The normalized spacial score (nSPS) is 43.9. The first-order valence-electron chi connectivity index (χ1n) is 4.96. The fraction of sp³-hybridized carbons (Fsp3) is 1.00. The first-order chi connectivity index (χ1) is 5.43. The number of ether oxygens (including phenoxy) is 1. The summed E-state index contributed by atoms with van der Waals surface area (Å²) in [7, 11) is 1.87. The van der Waals surface area contributed by atoms with Gasteiger partial charge in [0.05, 0.1) is 6.10 Å². The van der Waals surface area contributed by atoms with Crippen LogP contribution in [-0.4, -0.2) is 13.2 Å². The molecule has 0 amide bonds. The predicted octanol–water partition coefficient (Wildman–Crippen LogP) is 2.60. The Morgan fingerprint density at radius 2 is 1.45 bits per heavy atom. The van der Waals surface area contributed by atoms with Crippen LogP contribution >= 0.6 is 0 Å². The lowest BCUT2D eigenvalue weighted by Gasteiger charge is -2.04. The molecule has 0 radical (unpaired) electrons. The van der Waals surface area contributed by atoms with E-state index in [0.717, 1.165) is 11.8 Å². The Labute approximate surface area is 69.1 Å². The van der Waals surface area contributed by atoms with Crippen molar-refractivity contribution in [2.45, 2.75) is 44.6 Å². The van der Waals surface area contributed by atoms with Crippen molar-refractivity contribution in [3.63, 3.8) is 0 Å². The van der Waals surface area contributed by atoms with Gasteiger partial charge in [-0.15, -0.1) is 0 Å². The smallest absolute Gasteiger partial charge is 0.0634 e. The Morgan fingerprint density at radius 3 is 1.91 bits per heavy atom. The molecule has 0 heterocycles. The summed E-state index contributed by atoms with van der Waals surface area (Å²) < 4.78 is 5.42. The molecule has 1 nitrogen and oxygen atoms in total. The molecule has 0 bridgehead atoms. The maximum absolute atomic E-state index is 5.42. The molecule has 1 heteroatoms. The molecule has 2 aliphatic rings. The van der Waals surface area contributed by atoms with Gasteiger partial charge in [-0.3, -0.25) is 0 Å². The molecule has 1 unspecified atom stereocenters. The van der Waals surface area contributed by atoms with Crippen LogP contribution in [0.3, 0.4) is 0 Å². The highest BCUT2D eigenvalue weighted by Crippen LogP contribution is 2.49. The van der Waals surface area contributed by atoms with Gasteiger partial charge in [0, 0.05) is 7.11 Å². The van der Waals surface area contributed by atoms with E-state index < -0.39 is 0 Å². The molecule has 0 aliphatic heterocycles. The van der Waals surface area contributed by atoms with Crippen molar-refractivity contribution >= 4 is 0 Å². The number of hydrogen-bond acceptors (Lipinski definition) is 1. The summed E-state index contributed by atoms with van der Waals surface area (Å²) in [5, 5.41) is 0. The molecule has 0 N–H and O–H groups in total. The van der Waals surface area contributed by atoms with Crippen molar-refractivity contribution < 1.29 is 4.74 Å². The summed E-state index contributed by atoms with van der Waals surface area (Å²) in [6, 6.07) is 0. The SMILES string of the molecule is COC1[C@H]2CCCCCC[C@@H]12. The Hall–Kier alpha value is -0.0400. The quantitative estimate of drug-likeness (QED) is 0.564. The molecule has 2 rings (SSSR count). The Morgan fingerprint density at radius 1 is 0.909 bits per heavy atom. The van der Waals surface area contributed by atoms with E-state index in [0.29, 0.717) is 6.10 Å². The number of hydrogen-bond donors (Lipinski definition) is 0. The first-order valence-corrected chi connectivity index (χ1v) is 4.96. The highest BCUT2D eigenvalue weighted by atomic mass is 16.5. The third-order valence-corrected chi connectivity index (χ3v) is 3.35. The van der Waals surface area contributed by atoms with Gasteiger partial charge in [0.1, 0.15) is 0 Å². The largest absolute Gasteiger partial charge is 0.381 e. The van der Waals surface area contributed by atoms with E-state index in [-0.39, 0.29) is 0 Å². The number of fused-ring (bicyclic) bond motifs is 1. The molecule has 64 valence electrons. The van der Waals surface area contributed by atoms with Crippen molar-refractivity contribution in [2.75, 3.05) is 7.11 Å². The summed E-state index contributed by atoms with van der Waals surface area (Å²) >= 11 is 0. The molecule has 0 aromatic rings. The van der Waals surface area contributed by atoms with E-state index in [9.17, 15) is 0 Å². The average molecular weight is 154 g/mol. The minimum absolute atomic E-state index is 0.646. The second-order valence-corrected chi connectivity index (χ2v) is 4.02. The lowest BCUT2D eigenvalue weighted by Crippen LogP contribution is -1.90.